The molecule has 2 amide bonds. The van der Waals surface area contributed by atoms with Gasteiger partial charge in [-0.2, -0.15) is 0 Å². The zero-order valence-corrected chi connectivity index (χ0v) is 21.3. The number of ether oxygens (including phenoxy) is 1. The fourth-order valence-corrected chi connectivity index (χ4v) is 5.36. The molecular formula is C30H28N4O5. The molecule has 3 N–H and O–H groups in total. The van der Waals surface area contributed by atoms with Crippen molar-refractivity contribution < 1.29 is 24.2 Å². The first-order valence-electron chi connectivity index (χ1n) is 13.0. The zero-order chi connectivity index (χ0) is 26.9. The molecule has 3 heterocycles. The number of benzene rings is 3. The van der Waals surface area contributed by atoms with Gasteiger partial charge < -0.3 is 25.4 Å². The molecule has 3 aliphatic rings. The molecule has 9 nitrogen and oxygen atoms in total. The first kappa shape index (κ1) is 24.8. The van der Waals surface area contributed by atoms with Crippen molar-refractivity contribution in [3.05, 3.63) is 89.0 Å². The minimum atomic E-state index is -1.05. The molecule has 0 saturated carbocycles. The van der Waals surface area contributed by atoms with Crippen molar-refractivity contribution >= 4 is 46.1 Å². The first-order chi connectivity index (χ1) is 19.0. The second-order valence-corrected chi connectivity index (χ2v) is 9.79. The number of hydrogen-bond donors (Lipinski definition) is 3. The monoisotopic (exact) mass is 524 g/mol. The van der Waals surface area contributed by atoms with Crippen molar-refractivity contribution in [3.8, 4) is 0 Å². The van der Waals surface area contributed by atoms with Crippen molar-refractivity contribution in [1.82, 2.24) is 4.90 Å². The summed E-state index contributed by atoms with van der Waals surface area (Å²) in [6, 6.07) is 20.1. The fraction of sp³-hybridized carbons (Fsp3) is 0.233. The molecule has 198 valence electrons. The van der Waals surface area contributed by atoms with Crippen molar-refractivity contribution in [3.63, 3.8) is 0 Å². The summed E-state index contributed by atoms with van der Waals surface area (Å²) >= 11 is 0. The Bertz CT molecular complexity index is 1490. The molecule has 0 radical (unpaired) electrons. The molecule has 0 bridgehead atoms. The van der Waals surface area contributed by atoms with Gasteiger partial charge in [0, 0.05) is 36.6 Å². The van der Waals surface area contributed by atoms with Crippen molar-refractivity contribution in [2.75, 3.05) is 54.9 Å². The van der Waals surface area contributed by atoms with Crippen LogP contribution in [-0.4, -0.2) is 67.2 Å². The lowest BCUT2D eigenvalue weighted by Crippen LogP contribution is -2.44. The molecule has 0 aliphatic carbocycles. The van der Waals surface area contributed by atoms with Crippen LogP contribution >= 0.6 is 0 Å². The molecule has 3 aromatic carbocycles. The zero-order valence-electron chi connectivity index (χ0n) is 21.3. The average Bonchev–Trinajstić information content (AvgIpc) is 3.52. The van der Waals surface area contributed by atoms with Crippen LogP contribution in [0.1, 0.15) is 27.0 Å². The Labute approximate surface area is 225 Å². The predicted octanol–water partition coefficient (Wildman–Crippen LogP) is 3.54. The molecule has 1 fully saturated rings. The van der Waals surface area contributed by atoms with Gasteiger partial charge in [-0.3, -0.25) is 14.5 Å². The van der Waals surface area contributed by atoms with E-state index in [1.54, 1.807) is 6.07 Å². The third kappa shape index (κ3) is 4.89. The summed E-state index contributed by atoms with van der Waals surface area (Å²) in [5, 5.41) is 15.7. The predicted molar refractivity (Wildman–Crippen MR) is 149 cm³/mol. The Balaban J connectivity index is 1.31. The van der Waals surface area contributed by atoms with E-state index in [0.29, 0.717) is 48.8 Å². The number of rotatable bonds is 6. The molecule has 0 spiro atoms. The highest BCUT2D eigenvalue weighted by Gasteiger charge is 2.30. The first-order valence-corrected chi connectivity index (χ1v) is 13.0. The minimum absolute atomic E-state index is 0.0865. The quantitative estimate of drug-likeness (QED) is 0.423. The summed E-state index contributed by atoms with van der Waals surface area (Å²) in [5.74, 6) is -1.27. The number of amides is 2. The normalized spacial score (nSPS) is 17.8. The van der Waals surface area contributed by atoms with Crippen LogP contribution < -0.4 is 15.5 Å². The number of fused-ring (bicyclic) bond motifs is 2. The lowest BCUT2D eigenvalue weighted by molar-refractivity contribution is -0.120. The van der Waals surface area contributed by atoms with Crippen LogP contribution in [0.15, 0.2) is 66.7 Å². The maximum absolute atomic E-state index is 13.2. The number of nitrogens with one attached hydrogen (secondary N) is 2. The van der Waals surface area contributed by atoms with Gasteiger partial charge in [0.1, 0.15) is 0 Å². The highest BCUT2D eigenvalue weighted by molar-refractivity contribution is 6.37. The summed E-state index contributed by atoms with van der Waals surface area (Å²) < 4.78 is 5.39. The van der Waals surface area contributed by atoms with Gasteiger partial charge in [0.25, 0.3) is 5.91 Å². The Morgan fingerprint density at radius 3 is 2.51 bits per heavy atom. The number of carboxylic acid groups (broad SMARTS) is 1. The topological polar surface area (TPSA) is 111 Å². The van der Waals surface area contributed by atoms with Gasteiger partial charge >= 0.3 is 5.97 Å². The number of nitrogens with zero attached hydrogens (tertiary/aromatic N) is 2. The second kappa shape index (κ2) is 10.4. The van der Waals surface area contributed by atoms with E-state index in [1.165, 1.54) is 12.1 Å². The lowest BCUT2D eigenvalue weighted by atomic mass is 9.99. The number of carbonyl (C=O) groups excluding carboxylic acids is 2. The number of anilines is 3. The lowest BCUT2D eigenvalue weighted by Gasteiger charge is -2.28. The number of morpholine rings is 1. The van der Waals surface area contributed by atoms with Crippen molar-refractivity contribution in [2.45, 2.75) is 6.42 Å². The molecule has 3 aliphatic heterocycles. The smallest absolute Gasteiger partial charge is 0.335 e. The fourth-order valence-electron chi connectivity index (χ4n) is 5.36. The van der Waals surface area contributed by atoms with Gasteiger partial charge in [0.15, 0.2) is 0 Å². The third-order valence-electron chi connectivity index (χ3n) is 7.33. The van der Waals surface area contributed by atoms with Crippen molar-refractivity contribution in [1.29, 1.82) is 0 Å². The van der Waals surface area contributed by atoms with Gasteiger partial charge in [-0.05, 0) is 47.9 Å². The van der Waals surface area contributed by atoms with E-state index in [0.717, 1.165) is 42.0 Å². The Morgan fingerprint density at radius 2 is 1.74 bits per heavy atom. The molecule has 0 unspecified atom stereocenters. The standard InChI is InChI=1S/C30H28N4O5/c35-26(18-33-12-14-39-15-13-33)34-11-10-20-16-22(7-9-25(20)34)31-28(19-4-2-1-3-5-19)27-23-8-6-21(30(37)38)17-24(23)32-29(27)36/h1-9,16-17,31H,10-15,18H2,(H,32,36)(H,37,38)/b28-27-. The average molecular weight is 525 g/mol. The Morgan fingerprint density at radius 1 is 0.949 bits per heavy atom. The second-order valence-electron chi connectivity index (χ2n) is 9.79. The van der Waals surface area contributed by atoms with E-state index in [-0.39, 0.29) is 17.4 Å². The summed E-state index contributed by atoms with van der Waals surface area (Å²) in [7, 11) is 0. The largest absolute Gasteiger partial charge is 0.478 e. The van der Waals surface area contributed by atoms with Crippen LogP contribution in [0.5, 0.6) is 0 Å². The molecule has 0 aromatic heterocycles. The van der Waals surface area contributed by atoms with Crippen LogP contribution in [0.3, 0.4) is 0 Å². The molecule has 39 heavy (non-hydrogen) atoms. The highest BCUT2D eigenvalue weighted by atomic mass is 16.5. The van der Waals surface area contributed by atoms with Crippen LogP contribution in [-0.2, 0) is 20.7 Å². The number of carboxylic acids is 1. The molecule has 9 heteroatoms. The summed E-state index contributed by atoms with van der Waals surface area (Å²) in [5.41, 5.74) is 5.87. The van der Waals surface area contributed by atoms with Crippen LogP contribution in [0.4, 0.5) is 17.1 Å². The van der Waals surface area contributed by atoms with E-state index in [2.05, 4.69) is 15.5 Å². The van der Waals surface area contributed by atoms with Crippen LogP contribution in [0.2, 0.25) is 0 Å². The van der Waals surface area contributed by atoms with E-state index in [4.69, 9.17) is 4.74 Å². The van der Waals surface area contributed by atoms with Gasteiger partial charge in [0.2, 0.25) is 5.91 Å². The van der Waals surface area contributed by atoms with Gasteiger partial charge in [-0.1, -0.05) is 36.4 Å². The van der Waals surface area contributed by atoms with E-state index >= 15 is 0 Å². The molecule has 1 saturated heterocycles. The third-order valence-corrected chi connectivity index (χ3v) is 7.33. The highest BCUT2D eigenvalue weighted by Crippen LogP contribution is 2.39. The van der Waals surface area contributed by atoms with Gasteiger partial charge in [-0.15, -0.1) is 0 Å². The molecular weight excluding hydrogens is 496 g/mol. The van der Waals surface area contributed by atoms with Gasteiger partial charge in [0.05, 0.1) is 42.3 Å². The maximum atomic E-state index is 13.2. The SMILES string of the molecule is O=C1Nc2cc(C(=O)O)ccc2/C1=C(/Nc1ccc2c(c1)CCN2C(=O)CN1CCOCC1)c1ccccc1. The van der Waals surface area contributed by atoms with Crippen molar-refractivity contribution in [2.24, 2.45) is 0 Å². The maximum Gasteiger partial charge on any atom is 0.335 e. The Kier molecular flexibility index (Phi) is 6.60. The molecule has 0 atom stereocenters. The number of carbonyl (C=O) groups is 3. The van der Waals surface area contributed by atoms with E-state index in [9.17, 15) is 19.5 Å². The number of hydrogen-bond acceptors (Lipinski definition) is 6. The number of aromatic carboxylic acids is 1. The summed E-state index contributed by atoms with van der Waals surface area (Å²) in [4.78, 5) is 41.7. The molecule has 6 rings (SSSR count). The summed E-state index contributed by atoms with van der Waals surface area (Å²) in [6.45, 7) is 3.85. The van der Waals surface area contributed by atoms with Crippen LogP contribution in [0.25, 0.3) is 11.3 Å². The molecule has 3 aromatic rings. The Hall–Kier alpha value is -4.47. The van der Waals surface area contributed by atoms with Gasteiger partial charge in [-0.25, -0.2) is 4.79 Å². The van der Waals surface area contributed by atoms with E-state index in [1.807, 2.05) is 53.4 Å². The van der Waals surface area contributed by atoms with Crippen LogP contribution in [0, 0.1) is 0 Å². The summed E-state index contributed by atoms with van der Waals surface area (Å²) in [6.07, 6.45) is 0.748. The minimum Gasteiger partial charge on any atom is -0.478 e. The van der Waals surface area contributed by atoms with E-state index < -0.39 is 5.97 Å².